The van der Waals surface area contributed by atoms with E-state index < -0.39 is 0 Å². The Hall–Kier alpha value is -1.00. The summed E-state index contributed by atoms with van der Waals surface area (Å²) in [6.45, 7) is 2.25. The van der Waals surface area contributed by atoms with Crippen LogP contribution in [0.2, 0.25) is 0 Å². The number of benzene rings is 1. The maximum Gasteiger partial charge on any atom is 0.216 e. The molecule has 0 aliphatic rings. The minimum atomic E-state index is -0.000270. The van der Waals surface area contributed by atoms with Gasteiger partial charge in [-0.05, 0) is 17.7 Å². The lowest BCUT2D eigenvalue weighted by Crippen LogP contribution is -2.22. The Labute approximate surface area is 93.9 Å². The summed E-state index contributed by atoms with van der Waals surface area (Å²) < 4.78 is 0. The summed E-state index contributed by atoms with van der Waals surface area (Å²) in [5.74, 6) is 0.841. The van der Waals surface area contributed by atoms with Crippen LogP contribution < -0.4 is 5.32 Å². The summed E-state index contributed by atoms with van der Waals surface area (Å²) in [4.78, 5) is 11.7. The largest absolute Gasteiger partial charge is 0.392 e. The molecule has 0 aromatic heterocycles. The van der Waals surface area contributed by atoms with Gasteiger partial charge in [0, 0.05) is 24.1 Å². The van der Waals surface area contributed by atoms with Gasteiger partial charge in [0.1, 0.15) is 0 Å². The molecule has 15 heavy (non-hydrogen) atoms. The average Bonchev–Trinajstić information content (AvgIpc) is 2.24. The molecule has 2 N–H and O–H groups in total. The molecule has 0 unspecified atom stereocenters. The molecule has 4 heteroatoms. The summed E-state index contributed by atoms with van der Waals surface area (Å²) in [5.41, 5.74) is 0.916. The number of rotatable bonds is 5. The Morgan fingerprint density at radius 1 is 1.53 bits per heavy atom. The maximum absolute atomic E-state index is 10.6. The number of nitrogens with one attached hydrogen (secondary N) is 1. The van der Waals surface area contributed by atoms with Gasteiger partial charge in [-0.15, -0.1) is 11.8 Å². The fourth-order valence-electron chi connectivity index (χ4n) is 1.13. The Balaban J connectivity index is 2.33. The summed E-state index contributed by atoms with van der Waals surface area (Å²) >= 11 is 1.67. The van der Waals surface area contributed by atoms with E-state index in [0.717, 1.165) is 16.2 Å². The van der Waals surface area contributed by atoms with Crippen molar-refractivity contribution in [3.63, 3.8) is 0 Å². The van der Waals surface area contributed by atoms with E-state index in [9.17, 15) is 4.79 Å². The molecule has 0 bridgehead atoms. The topological polar surface area (TPSA) is 49.3 Å². The first-order valence-electron chi connectivity index (χ1n) is 4.79. The van der Waals surface area contributed by atoms with Crippen LogP contribution in [0.4, 0.5) is 0 Å². The molecule has 0 aliphatic heterocycles. The predicted molar refractivity (Wildman–Crippen MR) is 61.8 cm³/mol. The lowest BCUT2D eigenvalue weighted by molar-refractivity contribution is -0.118. The number of carbonyl (C=O) groups is 1. The van der Waals surface area contributed by atoms with Gasteiger partial charge in [0.15, 0.2) is 0 Å². The fourth-order valence-corrected chi connectivity index (χ4v) is 1.98. The van der Waals surface area contributed by atoms with E-state index in [-0.39, 0.29) is 12.5 Å². The van der Waals surface area contributed by atoms with Crippen LogP contribution in [0, 0.1) is 0 Å². The van der Waals surface area contributed by atoms with Crippen molar-refractivity contribution in [2.75, 3.05) is 12.3 Å². The van der Waals surface area contributed by atoms with Crippen molar-refractivity contribution in [1.29, 1.82) is 0 Å². The molecule has 0 heterocycles. The minimum absolute atomic E-state index is 0.000270. The Morgan fingerprint density at radius 3 is 3.00 bits per heavy atom. The van der Waals surface area contributed by atoms with Gasteiger partial charge >= 0.3 is 0 Å². The van der Waals surface area contributed by atoms with Gasteiger partial charge in [-0.1, -0.05) is 12.1 Å². The van der Waals surface area contributed by atoms with Crippen LogP contribution in [0.25, 0.3) is 0 Å². The van der Waals surface area contributed by atoms with Gasteiger partial charge in [0.2, 0.25) is 5.91 Å². The number of aliphatic hydroxyl groups excluding tert-OH is 1. The van der Waals surface area contributed by atoms with E-state index in [4.69, 9.17) is 5.11 Å². The highest BCUT2D eigenvalue weighted by atomic mass is 32.2. The van der Waals surface area contributed by atoms with E-state index in [1.165, 1.54) is 6.92 Å². The van der Waals surface area contributed by atoms with Crippen LogP contribution in [0.3, 0.4) is 0 Å². The van der Waals surface area contributed by atoms with Gasteiger partial charge in [0.05, 0.1) is 6.61 Å². The number of carbonyl (C=O) groups excluding carboxylic acids is 1. The first-order valence-corrected chi connectivity index (χ1v) is 5.78. The number of aliphatic hydroxyl groups is 1. The fraction of sp³-hybridized carbons (Fsp3) is 0.364. The number of thioether (sulfide) groups is 1. The molecule has 1 rings (SSSR count). The third-order valence-corrected chi connectivity index (χ3v) is 2.82. The molecule has 1 aromatic rings. The number of hydrogen-bond acceptors (Lipinski definition) is 3. The normalized spacial score (nSPS) is 10.0. The van der Waals surface area contributed by atoms with Gasteiger partial charge in [-0.25, -0.2) is 0 Å². The zero-order valence-electron chi connectivity index (χ0n) is 8.69. The molecule has 1 aromatic carbocycles. The highest BCUT2D eigenvalue weighted by molar-refractivity contribution is 7.99. The third-order valence-electron chi connectivity index (χ3n) is 1.83. The number of hydrogen-bond donors (Lipinski definition) is 2. The van der Waals surface area contributed by atoms with Crippen LogP contribution in [-0.4, -0.2) is 23.3 Å². The van der Waals surface area contributed by atoms with Crippen LogP contribution >= 0.6 is 11.8 Å². The first kappa shape index (κ1) is 12.1. The molecule has 0 atom stereocenters. The molecule has 1 amide bonds. The molecule has 0 aliphatic carbocycles. The Morgan fingerprint density at radius 2 is 2.33 bits per heavy atom. The van der Waals surface area contributed by atoms with Crippen molar-refractivity contribution < 1.29 is 9.90 Å². The minimum Gasteiger partial charge on any atom is -0.392 e. The zero-order chi connectivity index (χ0) is 11.1. The predicted octanol–water partition coefficient (Wildman–Crippen LogP) is 1.41. The second-order valence-corrected chi connectivity index (χ2v) is 4.31. The molecule has 0 saturated carbocycles. The van der Waals surface area contributed by atoms with E-state index in [0.29, 0.717) is 6.54 Å². The summed E-state index contributed by atoms with van der Waals surface area (Å²) in [7, 11) is 0. The van der Waals surface area contributed by atoms with E-state index in [1.54, 1.807) is 11.8 Å². The highest BCUT2D eigenvalue weighted by Gasteiger charge is 1.96. The summed E-state index contributed by atoms with van der Waals surface area (Å²) in [5, 5.41) is 11.7. The molecule has 0 fully saturated rings. The maximum atomic E-state index is 10.6. The lowest BCUT2D eigenvalue weighted by atomic mass is 10.2. The van der Waals surface area contributed by atoms with Crippen LogP contribution in [0.15, 0.2) is 29.2 Å². The molecular formula is C11H15NO2S. The second kappa shape index (κ2) is 6.48. The quantitative estimate of drug-likeness (QED) is 0.588. The van der Waals surface area contributed by atoms with E-state index >= 15 is 0 Å². The van der Waals surface area contributed by atoms with Crippen LogP contribution in [0.1, 0.15) is 12.5 Å². The monoisotopic (exact) mass is 225 g/mol. The highest BCUT2D eigenvalue weighted by Crippen LogP contribution is 2.18. The average molecular weight is 225 g/mol. The second-order valence-electron chi connectivity index (χ2n) is 3.14. The summed E-state index contributed by atoms with van der Waals surface area (Å²) in [6.07, 6.45) is 0. The third kappa shape index (κ3) is 4.85. The molecule has 82 valence electrons. The van der Waals surface area contributed by atoms with Crippen molar-refractivity contribution in [3.05, 3.63) is 29.8 Å². The SMILES string of the molecule is CC(=O)NCCSc1cccc(CO)c1. The van der Waals surface area contributed by atoms with Gasteiger partial charge in [-0.3, -0.25) is 4.79 Å². The zero-order valence-corrected chi connectivity index (χ0v) is 9.51. The molecular weight excluding hydrogens is 210 g/mol. The smallest absolute Gasteiger partial charge is 0.216 e. The van der Waals surface area contributed by atoms with Crippen LogP contribution in [-0.2, 0) is 11.4 Å². The molecule has 0 spiro atoms. The van der Waals surface area contributed by atoms with Crippen molar-refractivity contribution in [2.24, 2.45) is 0 Å². The van der Waals surface area contributed by atoms with E-state index in [2.05, 4.69) is 5.32 Å². The van der Waals surface area contributed by atoms with Crippen molar-refractivity contribution >= 4 is 17.7 Å². The van der Waals surface area contributed by atoms with Crippen molar-refractivity contribution in [2.45, 2.75) is 18.4 Å². The first-order chi connectivity index (χ1) is 7.22. The summed E-state index contributed by atoms with van der Waals surface area (Å²) in [6, 6.07) is 7.76. The molecule has 0 saturated heterocycles. The standard InChI is InChI=1S/C11H15NO2S/c1-9(14)12-5-6-15-11-4-2-3-10(7-11)8-13/h2-4,7,13H,5-6,8H2,1H3,(H,12,14). The van der Waals surface area contributed by atoms with Crippen molar-refractivity contribution in [3.8, 4) is 0 Å². The van der Waals surface area contributed by atoms with Crippen molar-refractivity contribution in [1.82, 2.24) is 5.32 Å². The molecule has 0 radical (unpaired) electrons. The Kier molecular flexibility index (Phi) is 5.21. The Bertz CT molecular complexity index is 328. The molecule has 3 nitrogen and oxygen atoms in total. The van der Waals surface area contributed by atoms with Gasteiger partial charge in [-0.2, -0.15) is 0 Å². The van der Waals surface area contributed by atoms with E-state index in [1.807, 2.05) is 24.3 Å². The van der Waals surface area contributed by atoms with Crippen LogP contribution in [0.5, 0.6) is 0 Å². The number of amides is 1. The van der Waals surface area contributed by atoms with Gasteiger partial charge < -0.3 is 10.4 Å². The van der Waals surface area contributed by atoms with Gasteiger partial charge in [0.25, 0.3) is 0 Å². The lowest BCUT2D eigenvalue weighted by Gasteiger charge is -2.03.